The highest BCUT2D eigenvalue weighted by Crippen LogP contribution is 2.46. The molecule has 0 spiro atoms. The van der Waals surface area contributed by atoms with Gasteiger partial charge in [0.1, 0.15) is 5.52 Å². The maximum atomic E-state index is 12.2. The lowest BCUT2D eigenvalue weighted by atomic mass is 10.1. The summed E-state index contributed by atoms with van der Waals surface area (Å²) >= 11 is 1.55. The third-order valence-electron chi connectivity index (χ3n) is 4.55. The fourth-order valence-electron chi connectivity index (χ4n) is 3.20. The van der Waals surface area contributed by atoms with Crippen LogP contribution in [0.4, 0.5) is 5.69 Å². The van der Waals surface area contributed by atoms with Crippen LogP contribution in [-0.2, 0) is 16.6 Å². The molecule has 0 saturated heterocycles. The molecule has 140 valence electrons. The van der Waals surface area contributed by atoms with Crippen molar-refractivity contribution < 1.29 is 18.6 Å². The van der Waals surface area contributed by atoms with E-state index in [0.29, 0.717) is 23.0 Å². The SMILES string of the molecule is CN(c1c2cccnc2c(O)c2c(O)n(Cc3cccs3)cc12)S(C)(=O)=O. The zero-order valence-corrected chi connectivity index (χ0v) is 16.3. The average molecular weight is 403 g/mol. The van der Waals surface area contributed by atoms with Crippen molar-refractivity contribution in [2.45, 2.75) is 6.54 Å². The van der Waals surface area contributed by atoms with Gasteiger partial charge in [0.2, 0.25) is 15.9 Å². The predicted molar refractivity (Wildman–Crippen MR) is 107 cm³/mol. The molecule has 0 radical (unpaired) electrons. The molecule has 4 rings (SSSR count). The number of aromatic nitrogens is 2. The Kier molecular flexibility index (Phi) is 4.01. The number of pyridine rings is 1. The summed E-state index contributed by atoms with van der Waals surface area (Å²) in [6.07, 6.45) is 4.28. The summed E-state index contributed by atoms with van der Waals surface area (Å²) in [5, 5.41) is 24.5. The third-order valence-corrected chi connectivity index (χ3v) is 6.59. The first kappa shape index (κ1) is 17.6. The van der Waals surface area contributed by atoms with Crippen molar-refractivity contribution in [3.8, 4) is 11.6 Å². The van der Waals surface area contributed by atoms with E-state index >= 15 is 0 Å². The largest absolute Gasteiger partial charge is 0.505 e. The summed E-state index contributed by atoms with van der Waals surface area (Å²) in [6, 6.07) is 7.23. The number of sulfonamides is 1. The van der Waals surface area contributed by atoms with Crippen LogP contribution in [0.25, 0.3) is 21.7 Å². The van der Waals surface area contributed by atoms with Gasteiger partial charge < -0.3 is 14.8 Å². The molecule has 0 amide bonds. The maximum absolute atomic E-state index is 12.2. The van der Waals surface area contributed by atoms with E-state index in [1.54, 1.807) is 34.2 Å². The number of hydrogen-bond donors (Lipinski definition) is 2. The predicted octanol–water partition coefficient (Wildman–Crippen LogP) is 3.11. The Morgan fingerprint density at radius 3 is 2.67 bits per heavy atom. The monoisotopic (exact) mass is 403 g/mol. The Bertz CT molecular complexity index is 1260. The van der Waals surface area contributed by atoms with Gasteiger partial charge in [-0.1, -0.05) is 6.07 Å². The van der Waals surface area contributed by atoms with Crippen molar-refractivity contribution in [2.75, 3.05) is 17.6 Å². The zero-order valence-electron chi connectivity index (χ0n) is 14.6. The van der Waals surface area contributed by atoms with Crippen molar-refractivity contribution in [1.29, 1.82) is 0 Å². The number of aromatic hydroxyl groups is 2. The molecule has 3 aromatic heterocycles. The molecule has 0 atom stereocenters. The van der Waals surface area contributed by atoms with E-state index in [0.717, 1.165) is 15.4 Å². The Morgan fingerprint density at radius 2 is 2.00 bits per heavy atom. The Morgan fingerprint density at radius 1 is 1.22 bits per heavy atom. The summed E-state index contributed by atoms with van der Waals surface area (Å²) in [4.78, 5) is 5.21. The van der Waals surface area contributed by atoms with Crippen molar-refractivity contribution in [1.82, 2.24) is 9.55 Å². The maximum Gasteiger partial charge on any atom is 0.232 e. The summed E-state index contributed by atoms with van der Waals surface area (Å²) < 4.78 is 27.2. The quantitative estimate of drug-likeness (QED) is 0.546. The molecule has 7 nitrogen and oxygen atoms in total. The van der Waals surface area contributed by atoms with E-state index in [1.807, 2.05) is 17.5 Å². The zero-order chi connectivity index (χ0) is 19.3. The van der Waals surface area contributed by atoms with Gasteiger partial charge in [0.25, 0.3) is 0 Å². The van der Waals surface area contributed by atoms with Gasteiger partial charge in [0, 0.05) is 35.1 Å². The van der Waals surface area contributed by atoms with Gasteiger partial charge in [-0.05, 0) is 23.6 Å². The average Bonchev–Trinajstić information content (AvgIpc) is 3.23. The minimum absolute atomic E-state index is 0.133. The molecule has 0 aliphatic carbocycles. The topological polar surface area (TPSA) is 95.7 Å². The molecule has 3 heterocycles. The normalized spacial score (nSPS) is 12.1. The number of hydrogen-bond acceptors (Lipinski definition) is 6. The molecule has 2 N–H and O–H groups in total. The molecule has 27 heavy (non-hydrogen) atoms. The fraction of sp³-hybridized carbons (Fsp3) is 0.167. The minimum atomic E-state index is -3.57. The molecule has 9 heteroatoms. The Hall–Kier alpha value is -2.78. The molecule has 4 aromatic rings. The number of phenols is 1. The van der Waals surface area contributed by atoms with Gasteiger partial charge in [0.05, 0.1) is 23.9 Å². The van der Waals surface area contributed by atoms with Crippen LogP contribution in [0.2, 0.25) is 0 Å². The van der Waals surface area contributed by atoms with Crippen LogP contribution in [0.3, 0.4) is 0 Å². The molecular weight excluding hydrogens is 386 g/mol. The van der Waals surface area contributed by atoms with Crippen LogP contribution in [0.15, 0.2) is 42.0 Å². The molecule has 0 aliphatic heterocycles. The van der Waals surface area contributed by atoms with Crippen LogP contribution >= 0.6 is 11.3 Å². The van der Waals surface area contributed by atoms with Crippen LogP contribution in [0.5, 0.6) is 11.6 Å². The lowest BCUT2D eigenvalue weighted by molar-refractivity contribution is 0.426. The van der Waals surface area contributed by atoms with Crippen molar-refractivity contribution in [2.24, 2.45) is 0 Å². The summed E-state index contributed by atoms with van der Waals surface area (Å²) in [7, 11) is -2.12. The van der Waals surface area contributed by atoms with Gasteiger partial charge >= 0.3 is 0 Å². The summed E-state index contributed by atoms with van der Waals surface area (Å²) in [5.74, 6) is -0.305. The van der Waals surface area contributed by atoms with Crippen LogP contribution in [-0.4, -0.2) is 41.5 Å². The number of rotatable bonds is 4. The number of phenolic OH excluding ortho intramolecular Hbond substituents is 1. The van der Waals surface area contributed by atoms with Gasteiger partial charge in [-0.15, -0.1) is 11.3 Å². The highest BCUT2D eigenvalue weighted by atomic mass is 32.2. The van der Waals surface area contributed by atoms with Crippen molar-refractivity contribution >= 4 is 48.7 Å². The highest BCUT2D eigenvalue weighted by molar-refractivity contribution is 7.92. The lowest BCUT2D eigenvalue weighted by Crippen LogP contribution is -2.25. The number of anilines is 1. The van der Waals surface area contributed by atoms with Gasteiger partial charge in [-0.25, -0.2) is 8.42 Å². The second-order valence-electron chi connectivity index (χ2n) is 6.28. The molecule has 0 aliphatic rings. The Balaban J connectivity index is 2.10. The number of fused-ring (bicyclic) bond motifs is 2. The van der Waals surface area contributed by atoms with Gasteiger partial charge in [-0.2, -0.15) is 0 Å². The second-order valence-corrected chi connectivity index (χ2v) is 9.32. The minimum Gasteiger partial charge on any atom is -0.505 e. The molecular formula is C18H17N3O4S2. The summed E-state index contributed by atoms with van der Waals surface area (Å²) in [5.41, 5.74) is 0.605. The van der Waals surface area contributed by atoms with Crippen LogP contribution in [0, 0.1) is 0 Å². The molecule has 0 saturated carbocycles. The number of nitrogens with zero attached hydrogens (tertiary/aromatic N) is 3. The third kappa shape index (κ3) is 2.79. The molecule has 1 aromatic carbocycles. The smallest absolute Gasteiger partial charge is 0.232 e. The van der Waals surface area contributed by atoms with E-state index in [9.17, 15) is 18.6 Å². The van der Waals surface area contributed by atoms with E-state index in [2.05, 4.69) is 4.98 Å². The van der Waals surface area contributed by atoms with E-state index in [-0.39, 0.29) is 22.5 Å². The van der Waals surface area contributed by atoms with Crippen LogP contribution < -0.4 is 4.31 Å². The standard InChI is InChI=1S/C18H17N3O4S2/c1-20(27(2,24)25)16-12-6-3-7-19-15(12)17(22)14-13(16)10-21(18(14)23)9-11-5-4-8-26-11/h3-8,10,22-23H,9H2,1-2H3. The van der Waals surface area contributed by atoms with Gasteiger partial charge in [-0.3, -0.25) is 9.29 Å². The molecule has 0 fully saturated rings. The first-order chi connectivity index (χ1) is 12.8. The number of benzene rings is 1. The first-order valence-electron chi connectivity index (χ1n) is 8.06. The fourth-order valence-corrected chi connectivity index (χ4v) is 4.43. The van der Waals surface area contributed by atoms with Crippen LogP contribution in [0.1, 0.15) is 4.88 Å². The van der Waals surface area contributed by atoms with E-state index in [1.165, 1.54) is 13.2 Å². The van der Waals surface area contributed by atoms with E-state index < -0.39 is 10.0 Å². The lowest BCUT2D eigenvalue weighted by Gasteiger charge is -2.20. The number of thiophene rings is 1. The van der Waals surface area contributed by atoms with Crippen molar-refractivity contribution in [3.05, 3.63) is 46.9 Å². The second kappa shape index (κ2) is 6.14. The van der Waals surface area contributed by atoms with Crippen molar-refractivity contribution in [3.63, 3.8) is 0 Å². The molecule has 0 unspecified atom stereocenters. The van der Waals surface area contributed by atoms with Gasteiger partial charge in [0.15, 0.2) is 5.75 Å². The first-order valence-corrected chi connectivity index (χ1v) is 10.8. The highest BCUT2D eigenvalue weighted by Gasteiger charge is 2.25. The summed E-state index contributed by atoms with van der Waals surface area (Å²) in [6.45, 7) is 0.406. The van der Waals surface area contributed by atoms with E-state index in [4.69, 9.17) is 0 Å². The Labute approximate surface area is 159 Å². The molecule has 0 bridgehead atoms.